The average molecular weight is 238 g/mol. The van der Waals surface area contributed by atoms with Crippen LogP contribution >= 0.6 is 0 Å². The second kappa shape index (κ2) is 4.37. The van der Waals surface area contributed by atoms with Gasteiger partial charge in [0, 0.05) is 12.4 Å². The van der Waals surface area contributed by atoms with Crippen LogP contribution in [0.25, 0.3) is 0 Å². The molecule has 0 saturated carbocycles. The van der Waals surface area contributed by atoms with Crippen LogP contribution in [-0.4, -0.2) is 21.6 Å². The first kappa shape index (κ1) is 10.6. The van der Waals surface area contributed by atoms with Crippen LogP contribution in [0.15, 0.2) is 53.9 Å². The van der Waals surface area contributed by atoms with Crippen LogP contribution in [0.3, 0.4) is 0 Å². The zero-order valence-corrected chi connectivity index (χ0v) is 9.52. The molecule has 0 atom stereocenters. The Hall–Kier alpha value is -2.56. The Morgan fingerprint density at radius 2 is 1.72 bits per heavy atom. The van der Waals surface area contributed by atoms with Crippen LogP contribution in [0.5, 0.6) is 0 Å². The third-order valence-corrected chi connectivity index (χ3v) is 2.62. The molecule has 1 amide bonds. The van der Waals surface area contributed by atoms with Gasteiger partial charge in [-0.05, 0) is 11.6 Å². The first-order chi connectivity index (χ1) is 8.84. The summed E-state index contributed by atoms with van der Waals surface area (Å²) in [5.41, 5.74) is 1.69. The van der Waals surface area contributed by atoms with Gasteiger partial charge in [-0.25, -0.2) is 9.97 Å². The fraction of sp³-hybridized carbons (Fsp3) is 0.0769. The number of nitrogens with zero attached hydrogens (tertiary/aromatic N) is 4. The van der Waals surface area contributed by atoms with E-state index in [2.05, 4.69) is 15.1 Å². The summed E-state index contributed by atoms with van der Waals surface area (Å²) in [6.45, 7) is 0. The van der Waals surface area contributed by atoms with Crippen molar-refractivity contribution in [3.05, 3.63) is 54.4 Å². The quantitative estimate of drug-likeness (QED) is 0.798. The zero-order chi connectivity index (χ0) is 12.4. The van der Waals surface area contributed by atoms with Gasteiger partial charge in [0.05, 0.1) is 12.1 Å². The van der Waals surface area contributed by atoms with Crippen LogP contribution < -0.4 is 5.01 Å². The Kier molecular flexibility index (Phi) is 2.57. The van der Waals surface area contributed by atoms with E-state index in [0.29, 0.717) is 5.95 Å². The lowest BCUT2D eigenvalue weighted by Crippen LogP contribution is -2.21. The molecule has 1 aromatic heterocycles. The third-order valence-electron chi connectivity index (χ3n) is 2.62. The van der Waals surface area contributed by atoms with E-state index in [4.69, 9.17) is 0 Å². The molecule has 0 aliphatic carbocycles. The number of hydrogen-bond acceptors (Lipinski definition) is 4. The minimum absolute atomic E-state index is 0.111. The van der Waals surface area contributed by atoms with Crippen molar-refractivity contribution in [3.63, 3.8) is 0 Å². The van der Waals surface area contributed by atoms with Crippen molar-refractivity contribution in [1.82, 2.24) is 9.97 Å². The van der Waals surface area contributed by atoms with Crippen molar-refractivity contribution in [2.75, 3.05) is 5.01 Å². The molecule has 18 heavy (non-hydrogen) atoms. The zero-order valence-electron chi connectivity index (χ0n) is 9.52. The van der Waals surface area contributed by atoms with Crippen molar-refractivity contribution in [1.29, 1.82) is 0 Å². The molecule has 88 valence electrons. The fourth-order valence-electron chi connectivity index (χ4n) is 1.78. The number of hydrogen-bond donors (Lipinski definition) is 0. The summed E-state index contributed by atoms with van der Waals surface area (Å²) in [6.07, 6.45) is 3.46. The largest absolute Gasteiger partial charge is 0.272 e. The average Bonchev–Trinajstić information content (AvgIpc) is 2.83. The van der Waals surface area contributed by atoms with Gasteiger partial charge < -0.3 is 0 Å². The van der Waals surface area contributed by atoms with Crippen molar-refractivity contribution < 1.29 is 4.79 Å². The number of anilines is 1. The van der Waals surface area contributed by atoms with E-state index in [0.717, 1.165) is 11.3 Å². The molecule has 0 spiro atoms. The van der Waals surface area contributed by atoms with E-state index in [9.17, 15) is 4.79 Å². The molecule has 0 bridgehead atoms. The van der Waals surface area contributed by atoms with Crippen LogP contribution in [-0.2, 0) is 4.79 Å². The van der Waals surface area contributed by atoms with Gasteiger partial charge in [-0.2, -0.15) is 10.1 Å². The predicted molar refractivity (Wildman–Crippen MR) is 67.1 cm³/mol. The van der Waals surface area contributed by atoms with E-state index in [-0.39, 0.29) is 12.3 Å². The Balaban J connectivity index is 1.95. The highest BCUT2D eigenvalue weighted by Gasteiger charge is 2.27. The Bertz CT molecular complexity index is 595. The van der Waals surface area contributed by atoms with E-state index < -0.39 is 0 Å². The van der Waals surface area contributed by atoms with Gasteiger partial charge in [0.2, 0.25) is 0 Å². The van der Waals surface area contributed by atoms with Gasteiger partial charge in [0.1, 0.15) is 0 Å². The maximum absolute atomic E-state index is 11.9. The number of hydrazone groups is 1. The summed E-state index contributed by atoms with van der Waals surface area (Å²) in [6, 6.07) is 11.3. The molecule has 1 aromatic carbocycles. The summed E-state index contributed by atoms with van der Waals surface area (Å²) >= 11 is 0. The molecule has 0 fully saturated rings. The second-order valence-corrected chi connectivity index (χ2v) is 3.84. The Labute approximate surface area is 104 Å². The van der Waals surface area contributed by atoms with Crippen molar-refractivity contribution >= 4 is 17.6 Å². The maximum atomic E-state index is 11.9. The molecule has 1 aliphatic heterocycles. The van der Waals surface area contributed by atoms with Gasteiger partial charge in [-0.3, -0.25) is 4.79 Å². The first-order valence-corrected chi connectivity index (χ1v) is 5.57. The van der Waals surface area contributed by atoms with Gasteiger partial charge in [-0.1, -0.05) is 30.3 Å². The van der Waals surface area contributed by atoms with Crippen LogP contribution in [0, 0.1) is 0 Å². The highest BCUT2D eigenvalue weighted by atomic mass is 16.2. The molecule has 0 N–H and O–H groups in total. The highest BCUT2D eigenvalue weighted by molar-refractivity contribution is 6.18. The summed E-state index contributed by atoms with van der Waals surface area (Å²) in [4.78, 5) is 19.9. The molecule has 3 rings (SSSR count). The number of aromatic nitrogens is 2. The number of benzene rings is 1. The topological polar surface area (TPSA) is 58.5 Å². The van der Waals surface area contributed by atoms with Crippen molar-refractivity contribution in [3.8, 4) is 0 Å². The maximum Gasteiger partial charge on any atom is 0.256 e. The van der Waals surface area contributed by atoms with Crippen LogP contribution in [0.1, 0.15) is 12.0 Å². The van der Waals surface area contributed by atoms with E-state index >= 15 is 0 Å². The molecule has 0 unspecified atom stereocenters. The molecule has 5 heteroatoms. The molecule has 0 saturated heterocycles. The van der Waals surface area contributed by atoms with Gasteiger partial charge in [0.25, 0.3) is 11.9 Å². The lowest BCUT2D eigenvalue weighted by molar-refractivity contribution is -0.117. The molecule has 1 aliphatic rings. The lowest BCUT2D eigenvalue weighted by atomic mass is 10.1. The molecule has 2 aromatic rings. The lowest BCUT2D eigenvalue weighted by Gasteiger charge is -2.07. The predicted octanol–water partition coefficient (Wildman–Crippen LogP) is 1.62. The second-order valence-electron chi connectivity index (χ2n) is 3.84. The first-order valence-electron chi connectivity index (χ1n) is 5.57. The fourth-order valence-corrected chi connectivity index (χ4v) is 1.78. The Morgan fingerprint density at radius 1 is 1.00 bits per heavy atom. The molecule has 2 heterocycles. The number of carbonyl (C=O) groups excluding carboxylic acids is 1. The van der Waals surface area contributed by atoms with Gasteiger partial charge in [0.15, 0.2) is 0 Å². The molecular weight excluding hydrogens is 228 g/mol. The van der Waals surface area contributed by atoms with Crippen LogP contribution in [0.2, 0.25) is 0 Å². The van der Waals surface area contributed by atoms with Crippen LogP contribution in [0.4, 0.5) is 5.95 Å². The summed E-state index contributed by atoms with van der Waals surface area (Å²) < 4.78 is 0. The molecular formula is C13H10N4O. The smallest absolute Gasteiger partial charge is 0.256 e. The van der Waals surface area contributed by atoms with E-state index in [1.54, 1.807) is 18.5 Å². The van der Waals surface area contributed by atoms with Gasteiger partial charge in [-0.15, -0.1) is 0 Å². The standard InChI is InChI=1S/C13H10N4O/c18-12-9-11(10-5-2-1-3-6-10)16-17(12)13-14-7-4-8-15-13/h1-8H,9H2. The van der Waals surface area contributed by atoms with E-state index in [1.165, 1.54) is 5.01 Å². The minimum Gasteiger partial charge on any atom is -0.272 e. The number of rotatable bonds is 2. The third kappa shape index (κ3) is 1.86. The van der Waals surface area contributed by atoms with E-state index in [1.807, 2.05) is 30.3 Å². The SMILES string of the molecule is O=C1CC(c2ccccc2)=NN1c1ncccn1. The highest BCUT2D eigenvalue weighted by Crippen LogP contribution is 2.18. The van der Waals surface area contributed by atoms with Crippen molar-refractivity contribution in [2.45, 2.75) is 6.42 Å². The van der Waals surface area contributed by atoms with Crippen molar-refractivity contribution in [2.24, 2.45) is 5.10 Å². The molecule has 0 radical (unpaired) electrons. The summed E-state index contributed by atoms with van der Waals surface area (Å²) in [5, 5.41) is 5.54. The minimum atomic E-state index is -0.111. The number of amides is 1. The normalized spacial score (nSPS) is 14.8. The number of carbonyl (C=O) groups is 1. The summed E-state index contributed by atoms with van der Waals surface area (Å²) in [5.74, 6) is 0.202. The van der Waals surface area contributed by atoms with Gasteiger partial charge >= 0.3 is 0 Å². The summed E-state index contributed by atoms with van der Waals surface area (Å²) in [7, 11) is 0. The molecule has 5 nitrogen and oxygen atoms in total. The Morgan fingerprint density at radius 3 is 2.44 bits per heavy atom. The monoisotopic (exact) mass is 238 g/mol.